The average Bonchev–Trinajstić information content (AvgIpc) is 2.34. The van der Waals surface area contributed by atoms with Crippen LogP contribution in [0.4, 0.5) is 0 Å². The molecule has 0 atom stereocenters. The first-order valence-electron chi connectivity index (χ1n) is 5.44. The number of benzene rings is 1. The molecular weight excluding hydrogens is 196 g/mol. The number of rotatable bonds is 4. The number of terminal acetylenes is 1. The van der Waals surface area contributed by atoms with Gasteiger partial charge in [-0.2, -0.15) is 0 Å². The minimum absolute atomic E-state index is 0.832. The van der Waals surface area contributed by atoms with Gasteiger partial charge in [-0.05, 0) is 25.0 Å². The Balaban J connectivity index is 2.47. The number of hydrogen-bond donors (Lipinski definition) is 0. The van der Waals surface area contributed by atoms with E-state index in [-0.39, 0.29) is 0 Å². The van der Waals surface area contributed by atoms with E-state index in [9.17, 15) is 0 Å². The molecular formula is C15H16O. The zero-order valence-corrected chi connectivity index (χ0v) is 9.62. The van der Waals surface area contributed by atoms with Crippen molar-refractivity contribution in [2.24, 2.45) is 0 Å². The van der Waals surface area contributed by atoms with Crippen LogP contribution in [-0.4, -0.2) is 7.11 Å². The number of ether oxygens (including phenoxy) is 1. The third-order valence-corrected chi connectivity index (χ3v) is 2.20. The lowest BCUT2D eigenvalue weighted by atomic mass is 10.1. The van der Waals surface area contributed by atoms with Crippen molar-refractivity contribution in [1.82, 2.24) is 0 Å². The highest BCUT2D eigenvalue weighted by Gasteiger charge is 1.95. The van der Waals surface area contributed by atoms with Crippen molar-refractivity contribution in [2.45, 2.75) is 25.7 Å². The normalized spacial score (nSPS) is 8.75. The van der Waals surface area contributed by atoms with Gasteiger partial charge in [-0.3, -0.25) is 0 Å². The summed E-state index contributed by atoms with van der Waals surface area (Å²) in [4.78, 5) is 0. The smallest absolute Gasteiger partial charge is 0.134 e. The summed E-state index contributed by atoms with van der Waals surface area (Å²) in [6.45, 7) is 0. The summed E-state index contributed by atoms with van der Waals surface area (Å²) in [5, 5.41) is 0. The molecule has 0 unspecified atom stereocenters. The number of methoxy groups -OCH3 is 1. The van der Waals surface area contributed by atoms with Crippen molar-refractivity contribution in [1.29, 1.82) is 0 Å². The van der Waals surface area contributed by atoms with Crippen LogP contribution in [0.2, 0.25) is 0 Å². The Bertz CT molecular complexity index is 415. The maximum atomic E-state index is 5.21. The molecule has 0 aliphatic carbocycles. The summed E-state index contributed by atoms with van der Waals surface area (Å²) in [7, 11) is 1.66. The minimum atomic E-state index is 0.832. The summed E-state index contributed by atoms with van der Waals surface area (Å²) in [6.07, 6.45) is 9.02. The Labute approximate surface area is 97.8 Å². The van der Waals surface area contributed by atoms with Crippen LogP contribution >= 0.6 is 0 Å². The number of para-hydroxylation sites is 1. The number of hydrogen-bond acceptors (Lipinski definition) is 1. The van der Waals surface area contributed by atoms with E-state index in [0.717, 1.165) is 37.0 Å². The second-order valence-corrected chi connectivity index (χ2v) is 3.41. The summed E-state index contributed by atoms with van der Waals surface area (Å²) in [5.41, 5.74) is 0.946. The van der Waals surface area contributed by atoms with Crippen molar-refractivity contribution in [3.63, 3.8) is 0 Å². The van der Waals surface area contributed by atoms with E-state index >= 15 is 0 Å². The highest BCUT2D eigenvalue weighted by molar-refractivity contribution is 5.45. The van der Waals surface area contributed by atoms with Gasteiger partial charge in [0.2, 0.25) is 0 Å². The molecule has 0 amide bonds. The van der Waals surface area contributed by atoms with E-state index in [1.807, 2.05) is 24.3 Å². The molecule has 0 radical (unpaired) electrons. The van der Waals surface area contributed by atoms with Gasteiger partial charge in [-0.25, -0.2) is 0 Å². The van der Waals surface area contributed by atoms with E-state index < -0.39 is 0 Å². The van der Waals surface area contributed by atoms with E-state index in [2.05, 4.69) is 17.8 Å². The zero-order valence-electron chi connectivity index (χ0n) is 9.62. The van der Waals surface area contributed by atoms with Crippen LogP contribution in [0.1, 0.15) is 31.2 Å². The van der Waals surface area contributed by atoms with Crippen molar-refractivity contribution >= 4 is 0 Å². The average molecular weight is 212 g/mol. The summed E-state index contributed by atoms with van der Waals surface area (Å²) < 4.78 is 5.21. The highest BCUT2D eigenvalue weighted by atomic mass is 16.5. The molecule has 1 heteroatoms. The molecule has 0 spiro atoms. The van der Waals surface area contributed by atoms with Crippen LogP contribution in [0.25, 0.3) is 0 Å². The molecule has 82 valence electrons. The van der Waals surface area contributed by atoms with Crippen LogP contribution in [0.5, 0.6) is 5.75 Å². The molecule has 0 heterocycles. The summed E-state index contributed by atoms with van der Waals surface area (Å²) in [6, 6.07) is 7.79. The first-order valence-corrected chi connectivity index (χ1v) is 5.44. The molecule has 0 N–H and O–H groups in total. The van der Waals surface area contributed by atoms with E-state index in [4.69, 9.17) is 11.2 Å². The fraction of sp³-hybridized carbons (Fsp3) is 0.333. The van der Waals surface area contributed by atoms with Crippen LogP contribution in [0.15, 0.2) is 24.3 Å². The Morgan fingerprint density at radius 1 is 1.19 bits per heavy atom. The molecule has 0 aromatic heterocycles. The van der Waals surface area contributed by atoms with Gasteiger partial charge in [0.15, 0.2) is 0 Å². The first-order chi connectivity index (χ1) is 7.88. The molecule has 0 bridgehead atoms. The predicted molar refractivity (Wildman–Crippen MR) is 67.2 cm³/mol. The molecule has 1 aromatic rings. The van der Waals surface area contributed by atoms with E-state index in [1.54, 1.807) is 7.11 Å². The third-order valence-electron chi connectivity index (χ3n) is 2.20. The van der Waals surface area contributed by atoms with Gasteiger partial charge >= 0.3 is 0 Å². The minimum Gasteiger partial charge on any atom is -0.495 e. The van der Waals surface area contributed by atoms with Gasteiger partial charge in [0, 0.05) is 12.8 Å². The third kappa shape index (κ3) is 4.11. The Hall–Kier alpha value is -1.86. The van der Waals surface area contributed by atoms with Crippen LogP contribution in [0.3, 0.4) is 0 Å². The molecule has 0 saturated carbocycles. The SMILES string of the molecule is C#CCCCCC#Cc1ccccc1OC. The Kier molecular flexibility index (Phi) is 5.67. The lowest BCUT2D eigenvalue weighted by Crippen LogP contribution is -1.86. The molecule has 1 rings (SSSR count). The van der Waals surface area contributed by atoms with Crippen molar-refractivity contribution in [3.05, 3.63) is 29.8 Å². The lowest BCUT2D eigenvalue weighted by Gasteiger charge is -2.00. The maximum Gasteiger partial charge on any atom is 0.134 e. The van der Waals surface area contributed by atoms with Gasteiger partial charge in [0.1, 0.15) is 5.75 Å². The van der Waals surface area contributed by atoms with Crippen LogP contribution in [-0.2, 0) is 0 Å². The summed E-state index contributed by atoms with van der Waals surface area (Å²) >= 11 is 0. The van der Waals surface area contributed by atoms with Gasteiger partial charge in [-0.15, -0.1) is 12.3 Å². The fourth-order valence-electron chi connectivity index (χ4n) is 1.35. The fourth-order valence-corrected chi connectivity index (χ4v) is 1.35. The van der Waals surface area contributed by atoms with Crippen molar-refractivity contribution < 1.29 is 4.74 Å². The molecule has 0 aliphatic heterocycles. The van der Waals surface area contributed by atoms with Gasteiger partial charge in [-0.1, -0.05) is 24.0 Å². The maximum absolute atomic E-state index is 5.21. The van der Waals surface area contributed by atoms with Crippen molar-refractivity contribution in [2.75, 3.05) is 7.11 Å². The molecule has 0 fully saturated rings. The van der Waals surface area contributed by atoms with E-state index in [0.29, 0.717) is 0 Å². The zero-order chi connectivity index (χ0) is 11.6. The molecule has 1 nitrogen and oxygen atoms in total. The van der Waals surface area contributed by atoms with E-state index in [1.165, 1.54) is 0 Å². The highest BCUT2D eigenvalue weighted by Crippen LogP contribution is 2.15. The first kappa shape index (κ1) is 12.2. The second kappa shape index (κ2) is 7.43. The number of unbranched alkanes of at least 4 members (excludes halogenated alkanes) is 3. The lowest BCUT2D eigenvalue weighted by molar-refractivity contribution is 0.413. The second-order valence-electron chi connectivity index (χ2n) is 3.41. The predicted octanol–water partition coefficient (Wildman–Crippen LogP) is 3.24. The molecule has 1 aromatic carbocycles. The van der Waals surface area contributed by atoms with Crippen LogP contribution < -0.4 is 4.74 Å². The topological polar surface area (TPSA) is 9.23 Å². The Morgan fingerprint density at radius 2 is 1.94 bits per heavy atom. The largest absolute Gasteiger partial charge is 0.495 e. The quantitative estimate of drug-likeness (QED) is 0.550. The summed E-state index contributed by atoms with van der Waals surface area (Å²) in [5.74, 6) is 9.71. The Morgan fingerprint density at radius 3 is 2.69 bits per heavy atom. The van der Waals surface area contributed by atoms with Crippen molar-refractivity contribution in [3.8, 4) is 29.9 Å². The molecule has 0 aliphatic rings. The standard InChI is InChI=1S/C15H16O/c1-3-4-5-6-7-8-11-14-12-9-10-13-15(14)16-2/h1,9-10,12-13H,4-7H2,2H3. The van der Waals surface area contributed by atoms with Gasteiger partial charge in [0.25, 0.3) is 0 Å². The van der Waals surface area contributed by atoms with Gasteiger partial charge in [0.05, 0.1) is 12.7 Å². The molecule has 0 saturated heterocycles. The van der Waals surface area contributed by atoms with Crippen LogP contribution in [0, 0.1) is 24.2 Å². The monoisotopic (exact) mass is 212 g/mol. The van der Waals surface area contributed by atoms with Gasteiger partial charge < -0.3 is 4.74 Å². The molecule has 16 heavy (non-hydrogen) atoms.